The number of halogens is 1. The second-order valence-corrected chi connectivity index (χ2v) is 7.44. The Morgan fingerprint density at radius 1 is 1.12 bits per heavy atom. The normalized spacial score (nSPS) is 11.5. The minimum absolute atomic E-state index is 0.0348. The molecule has 0 atom stereocenters. The van der Waals surface area contributed by atoms with Gasteiger partial charge >= 0.3 is 5.76 Å². The van der Waals surface area contributed by atoms with Crippen molar-refractivity contribution in [3.8, 4) is 11.5 Å². The van der Waals surface area contributed by atoms with Gasteiger partial charge in [-0.3, -0.25) is 9.29 Å². The van der Waals surface area contributed by atoms with E-state index in [0.717, 1.165) is 0 Å². The number of ether oxygens (including phenoxy) is 2. The van der Waals surface area contributed by atoms with Gasteiger partial charge in [0.2, 0.25) is 0 Å². The van der Waals surface area contributed by atoms with Gasteiger partial charge in [-0.05, 0) is 18.2 Å². The minimum Gasteiger partial charge on any atom is -0.493 e. The van der Waals surface area contributed by atoms with E-state index in [9.17, 15) is 13.2 Å². The van der Waals surface area contributed by atoms with Gasteiger partial charge in [-0.15, -0.1) is 0 Å². The van der Waals surface area contributed by atoms with Crippen molar-refractivity contribution in [1.82, 2.24) is 4.57 Å². The molecule has 1 N–H and O–H groups in total. The third-order valence-corrected chi connectivity index (χ3v) is 5.47. The Labute approximate surface area is 153 Å². The van der Waals surface area contributed by atoms with Crippen LogP contribution >= 0.6 is 11.6 Å². The second-order valence-electron chi connectivity index (χ2n) is 5.35. The van der Waals surface area contributed by atoms with E-state index >= 15 is 0 Å². The molecule has 0 amide bonds. The van der Waals surface area contributed by atoms with Crippen molar-refractivity contribution in [2.45, 2.75) is 4.90 Å². The number of nitrogens with one attached hydrogen (secondary N) is 1. The summed E-state index contributed by atoms with van der Waals surface area (Å²) in [5.41, 5.74) is 0.784. The van der Waals surface area contributed by atoms with Gasteiger partial charge in [0.15, 0.2) is 17.1 Å². The summed E-state index contributed by atoms with van der Waals surface area (Å²) >= 11 is 6.12. The molecule has 0 saturated heterocycles. The van der Waals surface area contributed by atoms with Crippen LogP contribution in [-0.4, -0.2) is 27.2 Å². The summed E-state index contributed by atoms with van der Waals surface area (Å²) in [7, 11) is 0.414. The van der Waals surface area contributed by atoms with Crippen molar-refractivity contribution in [1.29, 1.82) is 0 Å². The first-order valence-corrected chi connectivity index (χ1v) is 9.17. The number of fused-ring (bicyclic) bond motifs is 1. The third kappa shape index (κ3) is 3.11. The van der Waals surface area contributed by atoms with Crippen molar-refractivity contribution in [2.24, 2.45) is 7.05 Å². The predicted molar refractivity (Wildman–Crippen MR) is 96.8 cm³/mol. The van der Waals surface area contributed by atoms with Gasteiger partial charge < -0.3 is 13.9 Å². The van der Waals surface area contributed by atoms with E-state index in [0.29, 0.717) is 11.3 Å². The molecule has 0 spiro atoms. The molecule has 0 bridgehead atoms. The number of aromatic nitrogens is 1. The van der Waals surface area contributed by atoms with E-state index in [1.54, 1.807) is 0 Å². The average molecular weight is 399 g/mol. The number of hydrogen-bond donors (Lipinski definition) is 1. The van der Waals surface area contributed by atoms with Gasteiger partial charge in [0.05, 0.1) is 35.3 Å². The van der Waals surface area contributed by atoms with Crippen LogP contribution < -0.4 is 20.0 Å². The molecule has 26 heavy (non-hydrogen) atoms. The van der Waals surface area contributed by atoms with Crippen molar-refractivity contribution in [3.05, 3.63) is 45.9 Å². The van der Waals surface area contributed by atoms with Gasteiger partial charge in [0, 0.05) is 19.2 Å². The Kier molecular flexibility index (Phi) is 4.59. The molecule has 0 radical (unpaired) electrons. The molecule has 138 valence electrons. The van der Waals surface area contributed by atoms with E-state index in [4.69, 9.17) is 25.5 Å². The van der Waals surface area contributed by atoms with Crippen LogP contribution in [0.15, 0.2) is 44.4 Å². The van der Waals surface area contributed by atoms with Crippen LogP contribution in [0, 0.1) is 0 Å². The highest BCUT2D eigenvalue weighted by atomic mass is 35.5. The van der Waals surface area contributed by atoms with E-state index < -0.39 is 15.8 Å². The average Bonchev–Trinajstić information content (AvgIpc) is 2.88. The summed E-state index contributed by atoms with van der Waals surface area (Å²) < 4.78 is 44.3. The summed E-state index contributed by atoms with van der Waals surface area (Å²) in [4.78, 5) is 11.6. The predicted octanol–water partition coefficient (Wildman–Crippen LogP) is 2.60. The zero-order valence-corrected chi connectivity index (χ0v) is 15.6. The van der Waals surface area contributed by atoms with Crippen LogP contribution in [0.3, 0.4) is 0 Å². The van der Waals surface area contributed by atoms with Crippen molar-refractivity contribution in [2.75, 3.05) is 18.9 Å². The first kappa shape index (κ1) is 18.2. The summed E-state index contributed by atoms with van der Waals surface area (Å²) in [5.74, 6) is 0.101. The highest BCUT2D eigenvalue weighted by Gasteiger charge is 2.20. The lowest BCUT2D eigenvalue weighted by molar-refractivity contribution is 0.354. The zero-order chi connectivity index (χ0) is 19.1. The molecule has 0 aliphatic heterocycles. The zero-order valence-electron chi connectivity index (χ0n) is 14.1. The quantitative estimate of drug-likeness (QED) is 0.709. The van der Waals surface area contributed by atoms with Crippen LogP contribution in [0.5, 0.6) is 11.5 Å². The summed E-state index contributed by atoms with van der Waals surface area (Å²) in [5, 5.41) is 0.0934. The van der Waals surface area contributed by atoms with E-state index in [1.165, 1.54) is 56.2 Å². The summed E-state index contributed by atoms with van der Waals surface area (Å²) in [6, 6.07) is 7.01. The first-order chi connectivity index (χ1) is 12.3. The van der Waals surface area contributed by atoms with E-state index in [2.05, 4.69) is 4.72 Å². The molecule has 0 saturated carbocycles. The lowest BCUT2D eigenvalue weighted by atomic mass is 10.3. The molecular formula is C16H15ClN2O6S. The van der Waals surface area contributed by atoms with Crippen molar-refractivity contribution >= 4 is 38.4 Å². The van der Waals surface area contributed by atoms with Crippen molar-refractivity contribution < 1.29 is 22.3 Å². The fourth-order valence-electron chi connectivity index (χ4n) is 2.41. The molecule has 0 fully saturated rings. The molecule has 1 aromatic heterocycles. The molecule has 3 aromatic rings. The highest BCUT2D eigenvalue weighted by Crippen LogP contribution is 2.32. The van der Waals surface area contributed by atoms with Gasteiger partial charge in [0.25, 0.3) is 10.0 Å². The number of rotatable bonds is 5. The molecule has 0 aliphatic rings. The van der Waals surface area contributed by atoms with Gasteiger partial charge in [-0.25, -0.2) is 13.2 Å². The monoisotopic (exact) mass is 398 g/mol. The van der Waals surface area contributed by atoms with Crippen molar-refractivity contribution in [3.63, 3.8) is 0 Å². The second kappa shape index (κ2) is 6.58. The van der Waals surface area contributed by atoms with E-state index in [-0.39, 0.29) is 26.9 Å². The maximum Gasteiger partial charge on any atom is 0.419 e. The number of oxazole rings is 1. The molecule has 2 aromatic carbocycles. The Bertz CT molecular complexity index is 1150. The highest BCUT2D eigenvalue weighted by molar-refractivity contribution is 7.92. The number of aryl methyl sites for hydroxylation is 1. The maximum atomic E-state index is 12.7. The Hall–Kier alpha value is -2.65. The van der Waals surface area contributed by atoms with Crippen LogP contribution in [0.2, 0.25) is 5.02 Å². The maximum absolute atomic E-state index is 12.7. The number of nitrogens with zero attached hydrogens (tertiary/aromatic N) is 1. The molecule has 0 aliphatic carbocycles. The molecule has 3 rings (SSSR count). The lowest BCUT2D eigenvalue weighted by Crippen LogP contribution is -2.14. The number of sulfonamides is 1. The molecule has 1 heterocycles. The topological polar surface area (TPSA) is 99.8 Å². The standard InChI is InChI=1S/C16H15ClN2O6S/c1-19-12-8-11(10(17)7-14(12)25-16(19)20)18-26(21,22)9-4-5-13(23-2)15(6-9)24-3/h4-8,18H,1-3H3. The van der Waals surface area contributed by atoms with Crippen LogP contribution in [0.4, 0.5) is 5.69 Å². The van der Waals surface area contributed by atoms with Gasteiger partial charge in [0.1, 0.15) is 0 Å². The number of methoxy groups -OCH3 is 2. The smallest absolute Gasteiger partial charge is 0.419 e. The van der Waals surface area contributed by atoms with Gasteiger partial charge in [-0.1, -0.05) is 11.6 Å². The largest absolute Gasteiger partial charge is 0.493 e. The number of anilines is 1. The Balaban J connectivity index is 2.04. The SMILES string of the molecule is COc1ccc(S(=O)(=O)Nc2cc3c(cc2Cl)oc(=O)n3C)cc1OC. The van der Waals surface area contributed by atoms with Gasteiger partial charge in [-0.2, -0.15) is 0 Å². The third-order valence-electron chi connectivity index (χ3n) is 3.79. The minimum atomic E-state index is -3.96. The van der Waals surface area contributed by atoms with Crippen LogP contribution in [0.25, 0.3) is 11.1 Å². The summed E-state index contributed by atoms with van der Waals surface area (Å²) in [6.45, 7) is 0. The van der Waals surface area contributed by atoms with E-state index in [1.807, 2.05) is 0 Å². The fraction of sp³-hybridized carbons (Fsp3) is 0.188. The fourth-order valence-corrected chi connectivity index (χ4v) is 3.76. The van der Waals surface area contributed by atoms with Crippen LogP contribution in [0.1, 0.15) is 0 Å². The lowest BCUT2D eigenvalue weighted by Gasteiger charge is -2.12. The van der Waals surface area contributed by atoms with Crippen LogP contribution in [-0.2, 0) is 17.1 Å². The molecule has 8 nitrogen and oxygen atoms in total. The summed E-state index contributed by atoms with van der Waals surface area (Å²) in [6.07, 6.45) is 0. The molecule has 10 heteroatoms. The number of benzene rings is 2. The molecule has 0 unspecified atom stereocenters. The number of hydrogen-bond acceptors (Lipinski definition) is 6. The Morgan fingerprint density at radius 2 is 1.81 bits per heavy atom. The first-order valence-electron chi connectivity index (χ1n) is 7.30. The molecular weight excluding hydrogens is 384 g/mol. The Morgan fingerprint density at radius 3 is 2.46 bits per heavy atom.